The minimum atomic E-state index is -0.386. The summed E-state index contributed by atoms with van der Waals surface area (Å²) >= 11 is 0. The van der Waals surface area contributed by atoms with E-state index in [9.17, 15) is 4.79 Å². The lowest BCUT2D eigenvalue weighted by molar-refractivity contribution is -0.202. The number of benzene rings is 1. The molecule has 0 spiro atoms. The Morgan fingerprint density at radius 2 is 2.08 bits per heavy atom. The molecule has 128 valence electrons. The summed E-state index contributed by atoms with van der Waals surface area (Å²) in [5, 5.41) is 10.7. The number of hydrogen-bond donors (Lipinski definition) is 2. The first-order chi connectivity index (χ1) is 12.1. The fraction of sp³-hybridized carbons (Fsp3) is 0.278. The number of rotatable bonds is 4. The Balaban J connectivity index is 1.53. The number of fused-ring (bicyclic) bond motifs is 1. The molecule has 1 aliphatic rings. The topological polar surface area (TPSA) is 89.1 Å². The van der Waals surface area contributed by atoms with Crippen molar-refractivity contribution < 1.29 is 14.3 Å². The number of ether oxygens (including phenoxy) is 2. The van der Waals surface area contributed by atoms with E-state index in [-0.39, 0.29) is 11.5 Å². The molecule has 0 radical (unpaired) electrons. The molecule has 2 aromatic heterocycles. The van der Waals surface area contributed by atoms with Crippen LogP contribution in [0.3, 0.4) is 0 Å². The highest BCUT2D eigenvalue weighted by Gasteiger charge is 2.40. The lowest BCUT2D eigenvalue weighted by Crippen LogP contribution is -2.48. The van der Waals surface area contributed by atoms with Gasteiger partial charge in [0.1, 0.15) is 5.60 Å². The predicted molar refractivity (Wildman–Crippen MR) is 92.5 cm³/mol. The van der Waals surface area contributed by atoms with E-state index in [2.05, 4.69) is 20.5 Å². The minimum absolute atomic E-state index is 0.190. The molecule has 1 saturated heterocycles. The van der Waals surface area contributed by atoms with E-state index < -0.39 is 0 Å². The SMILES string of the molecule is COC1(c2ccc(C(=O)Nc3cnc4n[nH]c(C)c4c3)cc2)COC1. The van der Waals surface area contributed by atoms with Gasteiger partial charge in [-0.3, -0.25) is 9.89 Å². The van der Waals surface area contributed by atoms with E-state index in [0.29, 0.717) is 30.1 Å². The van der Waals surface area contributed by atoms with Crippen molar-refractivity contribution in [1.82, 2.24) is 15.2 Å². The van der Waals surface area contributed by atoms with Crippen LogP contribution in [0.2, 0.25) is 0 Å². The van der Waals surface area contributed by atoms with Gasteiger partial charge in [0.15, 0.2) is 5.65 Å². The Bertz CT molecular complexity index is 924. The molecule has 4 rings (SSSR count). The van der Waals surface area contributed by atoms with Crippen LogP contribution < -0.4 is 5.32 Å². The summed E-state index contributed by atoms with van der Waals surface area (Å²) in [6.07, 6.45) is 1.60. The average Bonchev–Trinajstić information content (AvgIpc) is 2.96. The smallest absolute Gasteiger partial charge is 0.255 e. The second-order valence-electron chi connectivity index (χ2n) is 6.17. The summed E-state index contributed by atoms with van der Waals surface area (Å²) in [5.41, 5.74) is 3.37. The van der Waals surface area contributed by atoms with Crippen molar-refractivity contribution in [3.63, 3.8) is 0 Å². The summed E-state index contributed by atoms with van der Waals surface area (Å²) in [4.78, 5) is 16.7. The number of nitrogens with one attached hydrogen (secondary N) is 2. The Hall–Kier alpha value is -2.77. The summed E-state index contributed by atoms with van der Waals surface area (Å²) < 4.78 is 10.8. The normalized spacial score (nSPS) is 15.8. The third-order valence-electron chi connectivity index (χ3n) is 4.59. The van der Waals surface area contributed by atoms with Gasteiger partial charge in [-0.1, -0.05) is 12.1 Å². The van der Waals surface area contributed by atoms with Gasteiger partial charge < -0.3 is 14.8 Å². The van der Waals surface area contributed by atoms with Crippen LogP contribution in [-0.4, -0.2) is 41.4 Å². The van der Waals surface area contributed by atoms with Crippen LogP contribution in [0.25, 0.3) is 11.0 Å². The van der Waals surface area contributed by atoms with Crippen molar-refractivity contribution in [3.8, 4) is 0 Å². The van der Waals surface area contributed by atoms with Crippen molar-refractivity contribution >= 4 is 22.6 Å². The number of nitrogens with zero attached hydrogens (tertiary/aromatic N) is 2. The number of aromatic amines is 1. The van der Waals surface area contributed by atoms with Crippen LogP contribution in [0, 0.1) is 6.92 Å². The number of carbonyl (C=O) groups is 1. The van der Waals surface area contributed by atoms with E-state index in [4.69, 9.17) is 9.47 Å². The molecule has 0 aliphatic carbocycles. The zero-order valence-electron chi connectivity index (χ0n) is 14.0. The van der Waals surface area contributed by atoms with Gasteiger partial charge in [0.2, 0.25) is 0 Å². The largest absolute Gasteiger partial charge is 0.375 e. The van der Waals surface area contributed by atoms with Crippen LogP contribution in [-0.2, 0) is 15.1 Å². The quantitative estimate of drug-likeness (QED) is 0.762. The number of H-pyrrole nitrogens is 1. The number of aromatic nitrogens is 3. The van der Waals surface area contributed by atoms with E-state index in [0.717, 1.165) is 16.6 Å². The minimum Gasteiger partial charge on any atom is -0.375 e. The molecule has 1 fully saturated rings. The number of carbonyl (C=O) groups excluding carboxylic acids is 1. The number of amides is 1. The number of aryl methyl sites for hydroxylation is 1. The van der Waals surface area contributed by atoms with E-state index >= 15 is 0 Å². The first-order valence-corrected chi connectivity index (χ1v) is 7.97. The van der Waals surface area contributed by atoms with E-state index in [1.165, 1.54) is 0 Å². The molecule has 7 heteroatoms. The predicted octanol–water partition coefficient (Wildman–Crippen LogP) is 2.39. The van der Waals surface area contributed by atoms with E-state index in [1.807, 2.05) is 25.1 Å². The summed E-state index contributed by atoms with van der Waals surface area (Å²) in [6.45, 7) is 2.98. The van der Waals surface area contributed by atoms with Crippen LogP contribution in [0.1, 0.15) is 21.6 Å². The van der Waals surface area contributed by atoms with Gasteiger partial charge in [0.05, 0.1) is 25.1 Å². The van der Waals surface area contributed by atoms with Gasteiger partial charge in [-0.05, 0) is 30.7 Å². The van der Waals surface area contributed by atoms with Crippen LogP contribution in [0.15, 0.2) is 36.5 Å². The third kappa shape index (κ3) is 2.67. The van der Waals surface area contributed by atoms with Crippen molar-refractivity contribution in [2.45, 2.75) is 12.5 Å². The van der Waals surface area contributed by atoms with Gasteiger partial charge >= 0.3 is 0 Å². The second-order valence-corrected chi connectivity index (χ2v) is 6.17. The second kappa shape index (κ2) is 5.94. The monoisotopic (exact) mass is 338 g/mol. The fourth-order valence-electron chi connectivity index (χ4n) is 2.91. The summed E-state index contributed by atoms with van der Waals surface area (Å²) in [5.74, 6) is -0.190. The Kier molecular flexibility index (Phi) is 3.74. The molecule has 1 aliphatic heterocycles. The molecule has 7 nitrogen and oxygen atoms in total. The molecule has 0 atom stereocenters. The Morgan fingerprint density at radius 3 is 2.72 bits per heavy atom. The Labute approximate surface area is 144 Å². The molecule has 0 saturated carbocycles. The van der Waals surface area contributed by atoms with Gasteiger partial charge in [-0.15, -0.1) is 0 Å². The highest BCUT2D eigenvalue weighted by Crippen LogP contribution is 2.33. The molecular formula is C18H18N4O3. The van der Waals surface area contributed by atoms with Crippen molar-refractivity contribution in [1.29, 1.82) is 0 Å². The molecule has 1 aromatic carbocycles. The summed E-state index contributed by atoms with van der Waals surface area (Å²) in [6, 6.07) is 9.25. The van der Waals surface area contributed by atoms with Crippen LogP contribution in [0.4, 0.5) is 5.69 Å². The van der Waals surface area contributed by atoms with Crippen molar-refractivity contribution in [3.05, 3.63) is 53.3 Å². The van der Waals surface area contributed by atoms with Crippen LogP contribution >= 0.6 is 0 Å². The molecule has 0 unspecified atom stereocenters. The molecular weight excluding hydrogens is 320 g/mol. The molecule has 3 heterocycles. The maximum Gasteiger partial charge on any atom is 0.255 e. The zero-order valence-corrected chi connectivity index (χ0v) is 14.0. The van der Waals surface area contributed by atoms with Crippen molar-refractivity contribution in [2.75, 3.05) is 25.6 Å². The standard InChI is InChI=1S/C18H18N4O3/c1-11-15-7-14(8-19-16(15)22-21-11)20-17(23)12-3-5-13(6-4-12)18(24-2)9-25-10-18/h3-8H,9-10H2,1-2H3,(H,20,23)(H,19,21,22). The average molecular weight is 338 g/mol. The van der Waals surface area contributed by atoms with E-state index in [1.54, 1.807) is 25.4 Å². The fourth-order valence-corrected chi connectivity index (χ4v) is 2.91. The van der Waals surface area contributed by atoms with Gasteiger partial charge in [-0.2, -0.15) is 5.10 Å². The molecule has 1 amide bonds. The maximum atomic E-state index is 12.5. The number of hydrogen-bond acceptors (Lipinski definition) is 5. The van der Waals surface area contributed by atoms with Gasteiger partial charge in [0.25, 0.3) is 5.91 Å². The summed E-state index contributed by atoms with van der Waals surface area (Å²) in [7, 11) is 1.67. The molecule has 25 heavy (non-hydrogen) atoms. The Morgan fingerprint density at radius 1 is 1.32 bits per heavy atom. The van der Waals surface area contributed by atoms with Crippen LogP contribution in [0.5, 0.6) is 0 Å². The first kappa shape index (κ1) is 15.7. The highest BCUT2D eigenvalue weighted by molar-refractivity contribution is 6.04. The molecule has 2 N–H and O–H groups in total. The lowest BCUT2D eigenvalue weighted by Gasteiger charge is -2.40. The first-order valence-electron chi connectivity index (χ1n) is 7.97. The highest BCUT2D eigenvalue weighted by atomic mass is 16.6. The maximum absolute atomic E-state index is 12.5. The molecule has 0 bridgehead atoms. The van der Waals surface area contributed by atoms with Gasteiger partial charge in [0, 0.05) is 23.8 Å². The number of pyridine rings is 1. The zero-order chi connectivity index (χ0) is 17.4. The van der Waals surface area contributed by atoms with Gasteiger partial charge in [-0.25, -0.2) is 4.98 Å². The molecule has 3 aromatic rings. The van der Waals surface area contributed by atoms with Crippen molar-refractivity contribution in [2.24, 2.45) is 0 Å². The number of methoxy groups -OCH3 is 1. The third-order valence-corrected chi connectivity index (χ3v) is 4.59. The number of anilines is 1. The lowest BCUT2D eigenvalue weighted by atomic mass is 9.91.